The minimum Gasteiger partial charge on any atom is -0.377 e. The highest BCUT2D eigenvalue weighted by atomic mass is 35.5. The minimum absolute atomic E-state index is 0.0987. The van der Waals surface area contributed by atoms with Crippen molar-refractivity contribution in [3.05, 3.63) is 0 Å². The molecular formula is C13H25ClO2. The summed E-state index contributed by atoms with van der Waals surface area (Å²) in [5, 5.41) is -0.305. The SMILES string of the molecule is CCOC(C(C(=O)Cl)C(C)(C)C)C(C)(C)C. The first-order chi connectivity index (χ1) is 7.01. The van der Waals surface area contributed by atoms with Crippen LogP contribution >= 0.6 is 11.6 Å². The summed E-state index contributed by atoms with van der Waals surface area (Å²) in [5.74, 6) is -0.283. The van der Waals surface area contributed by atoms with Gasteiger partial charge in [0.15, 0.2) is 0 Å². The lowest BCUT2D eigenvalue weighted by Gasteiger charge is -2.41. The number of carbonyl (C=O) groups excluding carboxylic acids is 1. The molecule has 0 bridgehead atoms. The molecule has 96 valence electrons. The van der Waals surface area contributed by atoms with Crippen LogP contribution < -0.4 is 0 Å². The number of carbonyl (C=O) groups is 1. The first-order valence-electron chi connectivity index (χ1n) is 5.82. The third-order valence-corrected chi connectivity index (χ3v) is 2.92. The lowest BCUT2D eigenvalue weighted by Crippen LogP contribution is -2.45. The molecule has 2 nitrogen and oxygen atoms in total. The van der Waals surface area contributed by atoms with Crippen LogP contribution in [0.25, 0.3) is 0 Å². The molecule has 0 N–H and O–H groups in total. The molecule has 3 heteroatoms. The fourth-order valence-corrected chi connectivity index (χ4v) is 2.38. The standard InChI is InChI=1S/C13H25ClO2/c1-8-16-10(13(5,6)7)9(11(14)15)12(2,3)4/h9-10H,8H2,1-7H3. The Balaban J connectivity index is 5.20. The van der Waals surface area contributed by atoms with Crippen LogP contribution in [0.15, 0.2) is 0 Å². The number of hydrogen-bond acceptors (Lipinski definition) is 2. The molecule has 0 aromatic rings. The number of halogens is 1. The lowest BCUT2D eigenvalue weighted by molar-refractivity contribution is -0.133. The lowest BCUT2D eigenvalue weighted by atomic mass is 9.70. The van der Waals surface area contributed by atoms with Crippen molar-refractivity contribution >= 4 is 16.8 Å². The fraction of sp³-hybridized carbons (Fsp3) is 0.923. The van der Waals surface area contributed by atoms with Gasteiger partial charge in [-0.1, -0.05) is 41.5 Å². The number of rotatable bonds is 4. The van der Waals surface area contributed by atoms with Crippen molar-refractivity contribution in [2.24, 2.45) is 16.7 Å². The largest absolute Gasteiger partial charge is 0.377 e. The van der Waals surface area contributed by atoms with Crippen LogP contribution in [0.1, 0.15) is 48.5 Å². The summed E-state index contributed by atoms with van der Waals surface area (Å²) in [5.41, 5.74) is -0.287. The van der Waals surface area contributed by atoms with Crippen molar-refractivity contribution in [3.63, 3.8) is 0 Å². The molecule has 0 saturated carbocycles. The van der Waals surface area contributed by atoms with E-state index >= 15 is 0 Å². The van der Waals surface area contributed by atoms with Crippen molar-refractivity contribution in [1.29, 1.82) is 0 Å². The molecule has 0 rings (SSSR count). The van der Waals surface area contributed by atoms with Gasteiger partial charge in [-0.05, 0) is 29.4 Å². The Kier molecular flexibility index (Phi) is 5.48. The van der Waals surface area contributed by atoms with Gasteiger partial charge in [0, 0.05) is 6.61 Å². The molecule has 0 aromatic carbocycles. The Morgan fingerprint density at radius 3 is 1.75 bits per heavy atom. The maximum absolute atomic E-state index is 11.6. The van der Waals surface area contributed by atoms with Crippen LogP contribution in [-0.4, -0.2) is 18.0 Å². The second kappa shape index (κ2) is 5.50. The van der Waals surface area contributed by atoms with Gasteiger partial charge in [-0.25, -0.2) is 0 Å². The van der Waals surface area contributed by atoms with Gasteiger partial charge >= 0.3 is 0 Å². The topological polar surface area (TPSA) is 26.3 Å². The summed E-state index contributed by atoms with van der Waals surface area (Å²) in [6.45, 7) is 14.8. The average Bonchev–Trinajstić information content (AvgIpc) is 1.98. The molecule has 2 unspecified atom stereocenters. The molecule has 0 spiro atoms. The molecule has 0 heterocycles. The van der Waals surface area contributed by atoms with Crippen molar-refractivity contribution in [1.82, 2.24) is 0 Å². The summed E-state index contributed by atoms with van der Waals surface area (Å²) in [6, 6.07) is 0. The van der Waals surface area contributed by atoms with E-state index in [0.29, 0.717) is 6.61 Å². The Labute approximate surface area is 105 Å². The molecule has 16 heavy (non-hydrogen) atoms. The van der Waals surface area contributed by atoms with Gasteiger partial charge in [0.2, 0.25) is 5.24 Å². The monoisotopic (exact) mass is 248 g/mol. The van der Waals surface area contributed by atoms with Crippen LogP contribution in [0.3, 0.4) is 0 Å². The highest BCUT2D eigenvalue weighted by Gasteiger charge is 2.43. The quantitative estimate of drug-likeness (QED) is 0.706. The summed E-state index contributed by atoms with van der Waals surface area (Å²) in [6.07, 6.45) is -0.150. The zero-order valence-electron chi connectivity index (χ0n) is 11.6. The van der Waals surface area contributed by atoms with Gasteiger partial charge in [-0.2, -0.15) is 0 Å². The molecule has 0 radical (unpaired) electrons. The molecular weight excluding hydrogens is 224 g/mol. The van der Waals surface area contributed by atoms with E-state index < -0.39 is 0 Å². The summed E-state index contributed by atoms with van der Waals surface area (Å²) < 4.78 is 5.75. The highest BCUT2D eigenvalue weighted by Crippen LogP contribution is 2.39. The number of hydrogen-bond donors (Lipinski definition) is 0. The van der Waals surface area contributed by atoms with Gasteiger partial charge in [0.25, 0.3) is 0 Å². The first-order valence-corrected chi connectivity index (χ1v) is 6.20. The van der Waals surface area contributed by atoms with E-state index in [9.17, 15) is 4.79 Å². The van der Waals surface area contributed by atoms with Crippen molar-refractivity contribution in [2.45, 2.75) is 54.6 Å². The van der Waals surface area contributed by atoms with Crippen LogP contribution in [0.2, 0.25) is 0 Å². The molecule has 0 saturated heterocycles. The first kappa shape index (κ1) is 15.9. The van der Waals surface area contributed by atoms with Gasteiger partial charge < -0.3 is 4.74 Å². The fourth-order valence-electron chi connectivity index (χ4n) is 1.94. The van der Waals surface area contributed by atoms with E-state index in [4.69, 9.17) is 16.3 Å². The molecule has 0 aliphatic heterocycles. The molecule has 0 amide bonds. The summed E-state index contributed by atoms with van der Waals surface area (Å²) in [7, 11) is 0. The maximum Gasteiger partial charge on any atom is 0.227 e. The second-order valence-corrected chi connectivity index (χ2v) is 6.76. The molecule has 0 aliphatic carbocycles. The van der Waals surface area contributed by atoms with Gasteiger partial charge in [0.1, 0.15) is 0 Å². The van der Waals surface area contributed by atoms with E-state index in [0.717, 1.165) is 0 Å². The predicted molar refractivity (Wildman–Crippen MR) is 68.7 cm³/mol. The minimum atomic E-state index is -0.305. The Bertz CT molecular complexity index is 235. The van der Waals surface area contributed by atoms with E-state index in [-0.39, 0.29) is 28.1 Å². The van der Waals surface area contributed by atoms with Gasteiger partial charge in [-0.15, -0.1) is 0 Å². The van der Waals surface area contributed by atoms with E-state index in [2.05, 4.69) is 20.8 Å². The maximum atomic E-state index is 11.6. The van der Waals surface area contributed by atoms with E-state index in [1.807, 2.05) is 27.7 Å². The van der Waals surface area contributed by atoms with Crippen LogP contribution in [0, 0.1) is 16.7 Å². The van der Waals surface area contributed by atoms with E-state index in [1.54, 1.807) is 0 Å². The third kappa shape index (κ3) is 4.42. The van der Waals surface area contributed by atoms with E-state index in [1.165, 1.54) is 0 Å². The third-order valence-electron chi connectivity index (χ3n) is 2.68. The van der Waals surface area contributed by atoms with Crippen molar-refractivity contribution < 1.29 is 9.53 Å². The summed E-state index contributed by atoms with van der Waals surface area (Å²) >= 11 is 5.75. The smallest absolute Gasteiger partial charge is 0.227 e. The van der Waals surface area contributed by atoms with Gasteiger partial charge in [-0.3, -0.25) is 4.79 Å². The number of ether oxygens (including phenoxy) is 1. The van der Waals surface area contributed by atoms with Crippen molar-refractivity contribution in [3.8, 4) is 0 Å². The normalized spacial score (nSPS) is 17.0. The van der Waals surface area contributed by atoms with Gasteiger partial charge in [0.05, 0.1) is 12.0 Å². The zero-order chi connectivity index (χ0) is 13.1. The Morgan fingerprint density at radius 1 is 1.12 bits per heavy atom. The Hall–Kier alpha value is -0.0800. The zero-order valence-corrected chi connectivity index (χ0v) is 12.3. The van der Waals surface area contributed by atoms with Crippen LogP contribution in [0.5, 0.6) is 0 Å². The van der Waals surface area contributed by atoms with Crippen LogP contribution in [-0.2, 0) is 9.53 Å². The second-order valence-electron chi connectivity index (χ2n) is 6.39. The molecule has 0 aliphatic rings. The molecule has 0 fully saturated rings. The Morgan fingerprint density at radius 2 is 1.56 bits per heavy atom. The molecule has 2 atom stereocenters. The molecule has 0 aromatic heterocycles. The predicted octanol–water partition coefficient (Wildman–Crippen LogP) is 3.87. The average molecular weight is 249 g/mol. The van der Waals surface area contributed by atoms with Crippen molar-refractivity contribution in [2.75, 3.05) is 6.61 Å². The summed E-state index contributed by atoms with van der Waals surface area (Å²) in [4.78, 5) is 11.6. The van der Waals surface area contributed by atoms with Crippen LogP contribution in [0.4, 0.5) is 0 Å². The highest BCUT2D eigenvalue weighted by molar-refractivity contribution is 6.64.